The zero-order chi connectivity index (χ0) is 44.7. The minimum atomic E-state index is -0.172. The molecule has 330 valence electrons. The van der Waals surface area contributed by atoms with Crippen molar-refractivity contribution in [2.75, 3.05) is 9.80 Å². The molecule has 0 radical (unpaired) electrons. The van der Waals surface area contributed by atoms with Crippen molar-refractivity contribution in [1.82, 2.24) is 14.5 Å². The van der Waals surface area contributed by atoms with Crippen LogP contribution < -0.4 is 14.5 Å². The fourth-order valence-corrected chi connectivity index (χ4v) is 10.1. The molecular formula is C60H46N5OPt-3. The van der Waals surface area contributed by atoms with Crippen LogP contribution in [0.1, 0.15) is 51.3 Å². The van der Waals surface area contributed by atoms with Gasteiger partial charge in [-0.2, -0.15) is 6.07 Å². The van der Waals surface area contributed by atoms with Gasteiger partial charge in [0, 0.05) is 90.3 Å². The standard InChI is InChI=1S/C60H46N5O.Pt/c1-59(2,3)42-29-32-62-56(35-42)65-52-20-12-10-17-47(52)48-24-23-44(37-55(48)65)66-45-34-41(39-27-30-61-31-28-39)33-43(36-45)63-38-64(54-22-14-13-21-53(54)63)58-46(40-15-7-6-8-16-40)25-26-51-57(58)49-18-9-11-19-50(49)60(51,4)5;/h6-35,38H,1-5H3;/q-3;. The van der Waals surface area contributed by atoms with E-state index in [0.29, 0.717) is 11.5 Å². The van der Waals surface area contributed by atoms with Crippen LogP contribution in [0.15, 0.2) is 182 Å². The van der Waals surface area contributed by atoms with Gasteiger partial charge < -0.3 is 19.1 Å². The molecule has 0 spiro atoms. The number of pyridine rings is 2. The van der Waals surface area contributed by atoms with Gasteiger partial charge in [-0.3, -0.25) is 4.98 Å². The number of fused-ring (bicyclic) bond motifs is 7. The summed E-state index contributed by atoms with van der Waals surface area (Å²) in [7, 11) is 0. The van der Waals surface area contributed by atoms with Gasteiger partial charge in [0.15, 0.2) is 0 Å². The van der Waals surface area contributed by atoms with Gasteiger partial charge in [-0.25, -0.2) is 4.98 Å². The molecule has 7 heteroatoms. The third-order valence-corrected chi connectivity index (χ3v) is 13.4. The predicted molar refractivity (Wildman–Crippen MR) is 269 cm³/mol. The number of benzene rings is 7. The SMILES string of the molecule is CC(C)(C)c1ccnc(-n2c3[c-]c(Oc4[c-]c(N5[CH-]N(c6c(-c7ccccc7)ccc7c6-c6ccccc6C7(C)C)c6ccccc65)cc(-c5ccncc5)c4)ccc3c3ccccc32)c1.[Pt]. The summed E-state index contributed by atoms with van der Waals surface area (Å²) in [5.74, 6) is 1.99. The molecule has 4 heterocycles. The zero-order valence-corrected chi connectivity index (χ0v) is 40.1. The Balaban J connectivity index is 0.00000494. The summed E-state index contributed by atoms with van der Waals surface area (Å²) in [4.78, 5) is 13.9. The summed E-state index contributed by atoms with van der Waals surface area (Å²) in [5.41, 5.74) is 16.5. The van der Waals surface area contributed by atoms with Crippen molar-refractivity contribution >= 4 is 44.6 Å². The molecule has 10 aromatic rings. The molecule has 67 heavy (non-hydrogen) atoms. The van der Waals surface area contributed by atoms with Crippen molar-refractivity contribution < 1.29 is 25.8 Å². The monoisotopic (exact) mass is 1050 g/mol. The van der Waals surface area contributed by atoms with Gasteiger partial charge >= 0.3 is 0 Å². The van der Waals surface area contributed by atoms with E-state index in [-0.39, 0.29) is 31.9 Å². The molecule has 0 N–H and O–H groups in total. The Morgan fingerprint density at radius 3 is 2.12 bits per heavy atom. The van der Waals surface area contributed by atoms with E-state index in [9.17, 15) is 0 Å². The number of hydrogen-bond donors (Lipinski definition) is 0. The Bertz CT molecular complexity index is 3520. The Labute approximate surface area is 406 Å². The van der Waals surface area contributed by atoms with Gasteiger partial charge in [-0.1, -0.05) is 137 Å². The van der Waals surface area contributed by atoms with E-state index in [4.69, 9.17) is 9.72 Å². The molecule has 1 aliphatic carbocycles. The number of aromatic nitrogens is 3. The molecule has 0 saturated heterocycles. The molecule has 3 aromatic heterocycles. The third-order valence-electron chi connectivity index (χ3n) is 13.4. The molecule has 1 aliphatic heterocycles. The molecule has 12 rings (SSSR count). The molecule has 0 fully saturated rings. The van der Waals surface area contributed by atoms with Gasteiger partial charge in [0.2, 0.25) is 0 Å². The second-order valence-corrected chi connectivity index (χ2v) is 18.8. The van der Waals surface area contributed by atoms with E-state index in [0.717, 1.165) is 72.6 Å². The number of ether oxygens (including phenoxy) is 1. The minimum Gasteiger partial charge on any atom is -0.509 e. The van der Waals surface area contributed by atoms with Crippen LogP contribution >= 0.6 is 0 Å². The van der Waals surface area contributed by atoms with Crippen molar-refractivity contribution in [2.24, 2.45) is 0 Å². The first kappa shape index (κ1) is 42.4. The first-order chi connectivity index (χ1) is 32.1. The number of anilines is 4. The van der Waals surface area contributed by atoms with Crippen molar-refractivity contribution in [3.05, 3.63) is 218 Å². The third kappa shape index (κ3) is 7.05. The van der Waals surface area contributed by atoms with Gasteiger partial charge in [0.05, 0.1) is 0 Å². The fourth-order valence-electron chi connectivity index (χ4n) is 10.1. The Kier molecular flexibility index (Phi) is 10.3. The average Bonchev–Trinajstić information content (AvgIpc) is 3.97. The first-order valence-corrected chi connectivity index (χ1v) is 22.6. The van der Waals surface area contributed by atoms with Crippen LogP contribution in [0.5, 0.6) is 11.5 Å². The average molecular weight is 1050 g/mol. The first-order valence-electron chi connectivity index (χ1n) is 22.6. The number of hydrogen-bond acceptors (Lipinski definition) is 5. The molecule has 0 amide bonds. The molecular weight excluding hydrogens is 1000 g/mol. The molecule has 0 atom stereocenters. The van der Waals surface area contributed by atoms with Crippen LogP contribution in [0, 0.1) is 18.8 Å². The van der Waals surface area contributed by atoms with E-state index in [1.165, 1.54) is 27.8 Å². The van der Waals surface area contributed by atoms with Crippen molar-refractivity contribution in [3.8, 4) is 50.7 Å². The maximum Gasteiger partial charge on any atom is 0.135 e. The molecule has 0 saturated carbocycles. The normalized spacial score (nSPS) is 13.6. The van der Waals surface area contributed by atoms with Crippen LogP contribution in [-0.2, 0) is 31.9 Å². The molecule has 6 nitrogen and oxygen atoms in total. The molecule has 2 aliphatic rings. The quantitative estimate of drug-likeness (QED) is 0.149. The second kappa shape index (κ2) is 16.3. The number of rotatable bonds is 7. The Morgan fingerprint density at radius 1 is 0.582 bits per heavy atom. The topological polar surface area (TPSA) is 46.4 Å². The van der Waals surface area contributed by atoms with Gasteiger partial charge in [0.1, 0.15) is 5.82 Å². The molecule has 0 unspecified atom stereocenters. The van der Waals surface area contributed by atoms with E-state index in [2.05, 4.69) is 218 Å². The Morgan fingerprint density at radius 2 is 1.31 bits per heavy atom. The summed E-state index contributed by atoms with van der Waals surface area (Å²) in [6, 6.07) is 65.5. The number of para-hydroxylation sites is 3. The van der Waals surface area contributed by atoms with Crippen LogP contribution in [0.3, 0.4) is 0 Å². The van der Waals surface area contributed by atoms with Crippen molar-refractivity contribution in [2.45, 2.75) is 45.4 Å². The largest absolute Gasteiger partial charge is 0.509 e. The smallest absolute Gasteiger partial charge is 0.135 e. The number of nitrogens with zero attached hydrogens (tertiary/aromatic N) is 5. The predicted octanol–water partition coefficient (Wildman–Crippen LogP) is 15.3. The molecule has 0 bridgehead atoms. The van der Waals surface area contributed by atoms with Crippen LogP contribution in [0.4, 0.5) is 22.7 Å². The van der Waals surface area contributed by atoms with E-state index in [1.54, 1.807) is 0 Å². The Hall–Kier alpha value is -7.27. The summed E-state index contributed by atoms with van der Waals surface area (Å²) in [5, 5.41) is 2.21. The van der Waals surface area contributed by atoms with Gasteiger partial charge in [-0.05, 0) is 86.6 Å². The van der Waals surface area contributed by atoms with Crippen molar-refractivity contribution in [1.29, 1.82) is 0 Å². The second-order valence-electron chi connectivity index (χ2n) is 18.8. The van der Waals surface area contributed by atoms with E-state index in [1.807, 2.05) is 36.8 Å². The summed E-state index contributed by atoms with van der Waals surface area (Å²) >= 11 is 0. The van der Waals surface area contributed by atoms with E-state index >= 15 is 0 Å². The maximum absolute atomic E-state index is 6.90. The summed E-state index contributed by atoms with van der Waals surface area (Å²) < 4.78 is 9.10. The van der Waals surface area contributed by atoms with Crippen LogP contribution in [0.25, 0.3) is 61.0 Å². The van der Waals surface area contributed by atoms with Gasteiger partial charge in [-0.15, -0.1) is 53.6 Å². The zero-order valence-electron chi connectivity index (χ0n) is 37.9. The van der Waals surface area contributed by atoms with Gasteiger partial charge in [0.25, 0.3) is 0 Å². The fraction of sp³-hybridized carbons (Fsp3) is 0.117. The summed E-state index contributed by atoms with van der Waals surface area (Å²) in [6.45, 7) is 13.6. The van der Waals surface area contributed by atoms with Crippen molar-refractivity contribution in [3.63, 3.8) is 0 Å². The van der Waals surface area contributed by atoms with E-state index < -0.39 is 0 Å². The summed E-state index contributed by atoms with van der Waals surface area (Å²) in [6.07, 6.45) is 5.56. The molecule has 7 aromatic carbocycles. The minimum absolute atomic E-state index is 0. The van der Waals surface area contributed by atoms with Crippen LogP contribution in [0.2, 0.25) is 0 Å². The maximum atomic E-state index is 6.90. The van der Waals surface area contributed by atoms with Crippen LogP contribution in [-0.4, -0.2) is 14.5 Å².